The Morgan fingerprint density at radius 3 is 2.67 bits per heavy atom. The van der Waals surface area contributed by atoms with Gasteiger partial charge in [-0.25, -0.2) is 4.98 Å². The van der Waals surface area contributed by atoms with Crippen molar-refractivity contribution >= 4 is 0 Å². The van der Waals surface area contributed by atoms with Crippen molar-refractivity contribution in [3.05, 3.63) is 23.9 Å². The maximum Gasteiger partial charge on any atom is 0.213 e. The molecule has 0 amide bonds. The monoisotopic (exact) mass is 251 g/mol. The van der Waals surface area contributed by atoms with Crippen LogP contribution in [0.5, 0.6) is 5.88 Å². The number of likely N-dealkylation sites (N-methyl/N-ethyl adjacent to an activating group) is 1. The van der Waals surface area contributed by atoms with Crippen molar-refractivity contribution in [1.29, 1.82) is 0 Å². The van der Waals surface area contributed by atoms with Crippen molar-refractivity contribution in [2.75, 3.05) is 33.8 Å². The molecule has 1 aromatic heterocycles. The molecule has 0 saturated carbocycles. The molecule has 0 aliphatic carbocycles. The molecule has 102 valence electrons. The Kier molecular flexibility index (Phi) is 6.68. The van der Waals surface area contributed by atoms with Crippen LogP contribution >= 0.6 is 0 Å². The molecule has 0 radical (unpaired) electrons. The molecule has 1 aromatic rings. The summed E-state index contributed by atoms with van der Waals surface area (Å²) in [5.41, 5.74) is 1.19. The Labute approximate surface area is 110 Å². The molecular formula is C14H25N3O. The van der Waals surface area contributed by atoms with E-state index in [1.165, 1.54) is 5.56 Å². The molecule has 0 fully saturated rings. The van der Waals surface area contributed by atoms with Crippen LogP contribution in [-0.2, 0) is 6.54 Å². The lowest BCUT2D eigenvalue weighted by Crippen LogP contribution is -2.20. The van der Waals surface area contributed by atoms with Gasteiger partial charge in [0.2, 0.25) is 5.88 Å². The highest BCUT2D eigenvalue weighted by atomic mass is 16.5. The topological polar surface area (TPSA) is 37.4 Å². The van der Waals surface area contributed by atoms with Crippen LogP contribution in [0.4, 0.5) is 0 Å². The van der Waals surface area contributed by atoms with Crippen molar-refractivity contribution < 1.29 is 4.74 Å². The van der Waals surface area contributed by atoms with E-state index < -0.39 is 0 Å². The van der Waals surface area contributed by atoms with Gasteiger partial charge >= 0.3 is 0 Å². The normalized spacial score (nSPS) is 11.2. The van der Waals surface area contributed by atoms with Crippen molar-refractivity contribution in [1.82, 2.24) is 15.2 Å². The highest BCUT2D eigenvalue weighted by molar-refractivity contribution is 5.17. The molecule has 0 aliphatic heterocycles. The Hall–Kier alpha value is -1.13. The summed E-state index contributed by atoms with van der Waals surface area (Å²) in [7, 11) is 4.06. The summed E-state index contributed by atoms with van der Waals surface area (Å²) in [5, 5.41) is 3.39. The van der Waals surface area contributed by atoms with E-state index in [-0.39, 0.29) is 0 Å². The van der Waals surface area contributed by atoms with Crippen LogP contribution in [0.15, 0.2) is 18.3 Å². The van der Waals surface area contributed by atoms with Crippen molar-refractivity contribution in [2.24, 2.45) is 5.92 Å². The average molecular weight is 251 g/mol. The van der Waals surface area contributed by atoms with E-state index in [0.29, 0.717) is 18.4 Å². The lowest BCUT2D eigenvalue weighted by Gasteiger charge is -2.11. The molecule has 18 heavy (non-hydrogen) atoms. The van der Waals surface area contributed by atoms with Gasteiger partial charge in [-0.3, -0.25) is 0 Å². The molecule has 1 rings (SSSR count). The zero-order valence-electron chi connectivity index (χ0n) is 11.9. The molecule has 0 aliphatic rings. The molecule has 4 nitrogen and oxygen atoms in total. The molecule has 0 spiro atoms. The summed E-state index contributed by atoms with van der Waals surface area (Å²) < 4.78 is 5.54. The predicted molar refractivity (Wildman–Crippen MR) is 74.8 cm³/mol. The summed E-state index contributed by atoms with van der Waals surface area (Å²) >= 11 is 0. The fourth-order valence-electron chi connectivity index (χ4n) is 1.44. The SMILES string of the molecule is CC(C)CNCc1ccc(OCCN(C)C)nc1. The van der Waals surface area contributed by atoms with Crippen LogP contribution < -0.4 is 10.1 Å². The standard InChI is InChI=1S/C14H25N3O/c1-12(2)9-15-10-13-5-6-14(16-11-13)18-8-7-17(3)4/h5-6,11-12,15H,7-10H2,1-4H3. The summed E-state index contributed by atoms with van der Waals surface area (Å²) in [5.74, 6) is 1.37. The molecule has 0 aromatic carbocycles. The summed E-state index contributed by atoms with van der Waals surface area (Å²) in [6, 6.07) is 3.99. The second-order valence-electron chi connectivity index (χ2n) is 5.18. The van der Waals surface area contributed by atoms with Crippen LogP contribution in [0.1, 0.15) is 19.4 Å². The highest BCUT2D eigenvalue weighted by Crippen LogP contribution is 2.07. The van der Waals surface area contributed by atoms with E-state index in [0.717, 1.165) is 19.6 Å². The van der Waals surface area contributed by atoms with Crippen LogP contribution in [0.2, 0.25) is 0 Å². The largest absolute Gasteiger partial charge is 0.476 e. The highest BCUT2D eigenvalue weighted by Gasteiger charge is 1.98. The maximum absolute atomic E-state index is 5.54. The maximum atomic E-state index is 5.54. The van der Waals surface area contributed by atoms with Gasteiger partial charge in [-0.05, 0) is 32.1 Å². The van der Waals surface area contributed by atoms with Gasteiger partial charge in [-0.15, -0.1) is 0 Å². The van der Waals surface area contributed by atoms with E-state index >= 15 is 0 Å². The fraction of sp³-hybridized carbons (Fsp3) is 0.643. The summed E-state index contributed by atoms with van der Waals surface area (Å²) in [6.45, 7) is 7.87. The summed E-state index contributed by atoms with van der Waals surface area (Å²) in [6.07, 6.45) is 1.87. The number of ether oxygens (including phenoxy) is 1. The first kappa shape index (κ1) is 14.9. The fourth-order valence-corrected chi connectivity index (χ4v) is 1.44. The third-order valence-electron chi connectivity index (χ3n) is 2.47. The van der Waals surface area contributed by atoms with Gasteiger partial charge in [0.25, 0.3) is 0 Å². The third-order valence-corrected chi connectivity index (χ3v) is 2.47. The first-order chi connectivity index (χ1) is 8.58. The third kappa shape index (κ3) is 6.57. The number of hydrogen-bond donors (Lipinski definition) is 1. The minimum absolute atomic E-state index is 0.672. The molecule has 0 unspecified atom stereocenters. The van der Waals surface area contributed by atoms with Crippen molar-refractivity contribution in [3.8, 4) is 5.88 Å². The van der Waals surface area contributed by atoms with Gasteiger partial charge in [0, 0.05) is 25.4 Å². The van der Waals surface area contributed by atoms with Gasteiger partial charge < -0.3 is 15.0 Å². The van der Waals surface area contributed by atoms with Gasteiger partial charge in [-0.2, -0.15) is 0 Å². The quantitative estimate of drug-likeness (QED) is 0.764. The van der Waals surface area contributed by atoms with Crippen LogP contribution in [0.25, 0.3) is 0 Å². The van der Waals surface area contributed by atoms with Crippen molar-refractivity contribution in [2.45, 2.75) is 20.4 Å². The number of pyridine rings is 1. The summed E-state index contributed by atoms with van der Waals surface area (Å²) in [4.78, 5) is 6.38. The van der Waals surface area contributed by atoms with Crippen LogP contribution in [-0.4, -0.2) is 43.7 Å². The van der Waals surface area contributed by atoms with E-state index in [9.17, 15) is 0 Å². The minimum atomic E-state index is 0.672. The molecule has 4 heteroatoms. The first-order valence-corrected chi connectivity index (χ1v) is 6.51. The Bertz CT molecular complexity index is 289. The van der Waals surface area contributed by atoms with E-state index in [1.54, 1.807) is 0 Å². The van der Waals surface area contributed by atoms with E-state index in [4.69, 9.17) is 4.74 Å². The average Bonchev–Trinajstić information content (AvgIpc) is 2.30. The zero-order valence-corrected chi connectivity index (χ0v) is 11.9. The number of rotatable bonds is 8. The number of aromatic nitrogens is 1. The Morgan fingerprint density at radius 1 is 1.33 bits per heavy atom. The van der Waals surface area contributed by atoms with E-state index in [1.807, 2.05) is 26.4 Å². The number of nitrogens with zero attached hydrogens (tertiary/aromatic N) is 2. The second kappa shape index (κ2) is 8.06. The lowest BCUT2D eigenvalue weighted by atomic mass is 10.2. The number of hydrogen-bond acceptors (Lipinski definition) is 4. The molecule has 0 atom stereocenters. The van der Waals surface area contributed by atoms with Gasteiger partial charge in [0.05, 0.1) is 0 Å². The molecular weight excluding hydrogens is 226 g/mol. The predicted octanol–water partition coefficient (Wildman–Crippen LogP) is 1.77. The lowest BCUT2D eigenvalue weighted by molar-refractivity contribution is 0.254. The van der Waals surface area contributed by atoms with Gasteiger partial charge in [-0.1, -0.05) is 19.9 Å². The van der Waals surface area contributed by atoms with Crippen LogP contribution in [0.3, 0.4) is 0 Å². The first-order valence-electron chi connectivity index (χ1n) is 6.51. The smallest absolute Gasteiger partial charge is 0.213 e. The Balaban J connectivity index is 2.28. The zero-order chi connectivity index (χ0) is 13.4. The molecule has 1 N–H and O–H groups in total. The minimum Gasteiger partial charge on any atom is -0.476 e. The van der Waals surface area contributed by atoms with Crippen LogP contribution in [0, 0.1) is 5.92 Å². The second-order valence-corrected chi connectivity index (χ2v) is 5.18. The van der Waals surface area contributed by atoms with Gasteiger partial charge in [0.1, 0.15) is 6.61 Å². The Morgan fingerprint density at radius 2 is 2.11 bits per heavy atom. The molecule has 1 heterocycles. The molecule has 0 saturated heterocycles. The van der Waals surface area contributed by atoms with Crippen molar-refractivity contribution in [3.63, 3.8) is 0 Å². The molecule has 0 bridgehead atoms. The van der Waals surface area contributed by atoms with E-state index in [2.05, 4.69) is 35.1 Å². The van der Waals surface area contributed by atoms with Gasteiger partial charge in [0.15, 0.2) is 0 Å². The number of nitrogens with one attached hydrogen (secondary N) is 1.